The Balaban J connectivity index is 1.41. The zero-order chi connectivity index (χ0) is 20.4. The van der Waals surface area contributed by atoms with Gasteiger partial charge < -0.3 is 15.0 Å². The molecule has 3 heterocycles. The average molecular weight is 432 g/mol. The van der Waals surface area contributed by atoms with Crippen molar-refractivity contribution in [1.82, 2.24) is 4.90 Å². The number of nitrogens with one attached hydrogen (secondary N) is 1. The first-order valence-electron chi connectivity index (χ1n) is 9.19. The molecule has 1 N–H and O–H groups in total. The highest BCUT2D eigenvalue weighted by molar-refractivity contribution is 7.16. The van der Waals surface area contributed by atoms with Gasteiger partial charge in [-0.3, -0.25) is 4.79 Å². The van der Waals surface area contributed by atoms with Crippen LogP contribution in [0.1, 0.15) is 28.0 Å². The van der Waals surface area contributed by atoms with Gasteiger partial charge in [-0.1, -0.05) is 0 Å². The molecule has 2 aromatic heterocycles. The van der Waals surface area contributed by atoms with E-state index in [1.807, 2.05) is 16.8 Å². The number of nitriles is 1. The van der Waals surface area contributed by atoms with Crippen LogP contribution in [0.5, 0.6) is 0 Å². The summed E-state index contributed by atoms with van der Waals surface area (Å²) in [5.41, 5.74) is 2.34. The van der Waals surface area contributed by atoms with Crippen LogP contribution in [0.3, 0.4) is 0 Å². The summed E-state index contributed by atoms with van der Waals surface area (Å²) in [5, 5.41) is 16.7. The maximum absolute atomic E-state index is 12.9. The fourth-order valence-corrected chi connectivity index (χ4v) is 5.24. The van der Waals surface area contributed by atoms with Crippen molar-refractivity contribution >= 4 is 45.8 Å². The highest BCUT2D eigenvalue weighted by Crippen LogP contribution is 2.38. The van der Waals surface area contributed by atoms with Crippen molar-refractivity contribution in [2.75, 3.05) is 18.4 Å². The number of amides is 2. The Morgan fingerprint density at radius 2 is 2.24 bits per heavy atom. The number of hydrogen-bond donors (Lipinski definition) is 1. The molecule has 0 bridgehead atoms. The van der Waals surface area contributed by atoms with Crippen molar-refractivity contribution in [2.45, 2.75) is 31.5 Å². The number of alkyl halides is 1. The largest absolute Gasteiger partial charge is 0.446 e. The van der Waals surface area contributed by atoms with Gasteiger partial charge in [0.25, 0.3) is 0 Å². The fourth-order valence-electron chi connectivity index (χ4n) is 3.35. The lowest BCUT2D eigenvalue weighted by atomic mass is 9.94. The van der Waals surface area contributed by atoms with Crippen molar-refractivity contribution < 1.29 is 18.7 Å². The van der Waals surface area contributed by atoms with Crippen LogP contribution in [0.25, 0.3) is 6.08 Å². The second kappa shape index (κ2) is 8.35. The van der Waals surface area contributed by atoms with E-state index in [4.69, 9.17) is 4.74 Å². The van der Waals surface area contributed by atoms with Crippen molar-refractivity contribution in [3.05, 3.63) is 44.5 Å². The third-order valence-corrected chi connectivity index (χ3v) is 6.77. The number of hydrogen-bond acceptors (Lipinski definition) is 6. The molecule has 6 nitrogen and oxygen atoms in total. The lowest BCUT2D eigenvalue weighted by molar-refractivity contribution is -0.111. The third kappa shape index (κ3) is 4.33. The van der Waals surface area contributed by atoms with Crippen LogP contribution in [0.2, 0.25) is 0 Å². The molecule has 9 heteroatoms. The maximum Gasteiger partial charge on any atom is 0.410 e. The Morgan fingerprint density at radius 3 is 2.93 bits per heavy atom. The number of rotatable bonds is 4. The SMILES string of the molecule is N#Cc1c(NC(=O)/C=C/c2ccsc2)sc2c1CCC(OC(=O)N1CC(F)C1)C2. The van der Waals surface area contributed by atoms with E-state index in [0.717, 1.165) is 16.0 Å². The lowest BCUT2D eigenvalue weighted by Crippen LogP contribution is -2.52. The summed E-state index contributed by atoms with van der Waals surface area (Å²) in [5.74, 6) is -0.298. The molecule has 150 valence electrons. The number of carbonyl (C=O) groups excluding carboxylic acids is 2. The highest BCUT2D eigenvalue weighted by atomic mass is 32.1. The Kier molecular flexibility index (Phi) is 5.65. The van der Waals surface area contributed by atoms with E-state index in [1.165, 1.54) is 22.3 Å². The van der Waals surface area contributed by atoms with Gasteiger partial charge in [0.1, 0.15) is 23.3 Å². The number of ether oxygens (including phenoxy) is 1. The molecular formula is C20H18FN3O3S2. The van der Waals surface area contributed by atoms with Gasteiger partial charge in [0.05, 0.1) is 18.7 Å². The monoisotopic (exact) mass is 431 g/mol. The number of likely N-dealkylation sites (tertiary alicyclic amines) is 1. The number of fused-ring (bicyclic) bond motifs is 1. The molecular weight excluding hydrogens is 413 g/mol. The first kappa shape index (κ1) is 19.6. The minimum atomic E-state index is -0.962. The van der Waals surface area contributed by atoms with Crippen LogP contribution in [0.15, 0.2) is 22.9 Å². The summed E-state index contributed by atoms with van der Waals surface area (Å²) in [6.45, 7) is 0.174. The van der Waals surface area contributed by atoms with Gasteiger partial charge in [-0.15, -0.1) is 11.3 Å². The summed E-state index contributed by atoms with van der Waals surface area (Å²) < 4.78 is 18.4. The molecule has 0 spiro atoms. The number of anilines is 1. The van der Waals surface area contributed by atoms with Gasteiger partial charge >= 0.3 is 6.09 Å². The van der Waals surface area contributed by atoms with Crippen LogP contribution in [-0.2, 0) is 22.4 Å². The summed E-state index contributed by atoms with van der Waals surface area (Å²) in [4.78, 5) is 26.5. The van der Waals surface area contributed by atoms with Gasteiger partial charge in [-0.05, 0) is 46.9 Å². The summed E-state index contributed by atoms with van der Waals surface area (Å²) in [7, 11) is 0. The van der Waals surface area contributed by atoms with Crippen LogP contribution < -0.4 is 5.32 Å². The topological polar surface area (TPSA) is 82.4 Å². The number of thiophene rings is 2. The predicted octanol–water partition coefficient (Wildman–Crippen LogP) is 3.98. The molecule has 1 atom stereocenters. The number of carbonyl (C=O) groups is 2. The average Bonchev–Trinajstić information content (AvgIpc) is 3.30. The second-order valence-corrected chi connectivity index (χ2v) is 8.84. The molecule has 2 aliphatic rings. The Morgan fingerprint density at radius 1 is 1.41 bits per heavy atom. The van der Waals surface area contributed by atoms with E-state index in [1.54, 1.807) is 17.4 Å². The normalized spacial score (nSPS) is 18.8. The van der Waals surface area contributed by atoms with E-state index in [-0.39, 0.29) is 25.1 Å². The van der Waals surface area contributed by atoms with Crippen LogP contribution >= 0.6 is 22.7 Å². The molecule has 0 radical (unpaired) electrons. The molecule has 1 unspecified atom stereocenters. The highest BCUT2D eigenvalue weighted by Gasteiger charge is 2.34. The molecule has 29 heavy (non-hydrogen) atoms. The van der Waals surface area contributed by atoms with Gasteiger partial charge in [-0.25, -0.2) is 9.18 Å². The molecule has 1 fully saturated rings. The first-order chi connectivity index (χ1) is 14.0. The van der Waals surface area contributed by atoms with E-state index in [9.17, 15) is 19.2 Å². The summed E-state index contributed by atoms with van der Waals surface area (Å²) in [6.07, 6.45) is 3.10. The molecule has 2 aromatic rings. The number of nitrogens with zero attached hydrogens (tertiary/aromatic N) is 2. The molecule has 2 amide bonds. The fraction of sp³-hybridized carbons (Fsp3) is 0.350. The van der Waals surface area contributed by atoms with Crippen molar-refractivity contribution in [3.8, 4) is 6.07 Å². The second-order valence-electron chi connectivity index (χ2n) is 6.95. The van der Waals surface area contributed by atoms with Crippen molar-refractivity contribution in [2.24, 2.45) is 0 Å². The zero-order valence-electron chi connectivity index (χ0n) is 15.4. The minimum Gasteiger partial charge on any atom is -0.446 e. The number of halogens is 1. The molecule has 1 saturated heterocycles. The van der Waals surface area contributed by atoms with Crippen molar-refractivity contribution in [1.29, 1.82) is 5.26 Å². The minimum absolute atomic E-state index is 0.0868. The predicted molar refractivity (Wildman–Crippen MR) is 110 cm³/mol. The van der Waals surface area contributed by atoms with Gasteiger partial charge in [0.15, 0.2) is 0 Å². The van der Waals surface area contributed by atoms with E-state index in [2.05, 4.69) is 11.4 Å². The smallest absolute Gasteiger partial charge is 0.410 e. The van der Waals surface area contributed by atoms with Gasteiger partial charge in [-0.2, -0.15) is 16.6 Å². The van der Waals surface area contributed by atoms with Gasteiger partial charge in [0, 0.05) is 17.4 Å². The molecule has 1 aliphatic carbocycles. The van der Waals surface area contributed by atoms with Crippen molar-refractivity contribution in [3.63, 3.8) is 0 Å². The van der Waals surface area contributed by atoms with Crippen LogP contribution in [0.4, 0.5) is 14.2 Å². The van der Waals surface area contributed by atoms with Crippen LogP contribution in [-0.4, -0.2) is 42.3 Å². The molecule has 4 rings (SSSR count). The Hall–Kier alpha value is -2.70. The maximum atomic E-state index is 12.9. The Bertz CT molecular complexity index is 988. The van der Waals surface area contributed by atoms with Crippen LogP contribution in [0, 0.1) is 11.3 Å². The lowest BCUT2D eigenvalue weighted by Gasteiger charge is -2.35. The first-order valence-corrected chi connectivity index (χ1v) is 10.9. The summed E-state index contributed by atoms with van der Waals surface area (Å²) in [6, 6.07) is 4.10. The van der Waals surface area contributed by atoms with Gasteiger partial charge in [0.2, 0.25) is 5.91 Å². The zero-order valence-corrected chi connectivity index (χ0v) is 17.0. The Labute approximate surface area is 175 Å². The van der Waals surface area contributed by atoms with E-state index >= 15 is 0 Å². The molecule has 1 aliphatic heterocycles. The summed E-state index contributed by atoms with van der Waals surface area (Å²) >= 11 is 2.90. The standard InChI is InChI=1S/C20H18FN3O3S2/c21-13-9-24(10-13)20(26)27-14-2-3-15-16(8-22)19(29-17(15)7-14)23-18(25)4-1-12-5-6-28-11-12/h1,4-6,11,13-14H,2-3,7,9-10H2,(H,23,25)/b4-1+. The quantitative estimate of drug-likeness (QED) is 0.743. The third-order valence-electron chi connectivity index (χ3n) is 4.90. The van der Waals surface area contributed by atoms with E-state index in [0.29, 0.717) is 29.8 Å². The molecule has 0 saturated carbocycles. The molecule has 0 aromatic carbocycles. The van der Waals surface area contributed by atoms with E-state index < -0.39 is 12.3 Å².